The van der Waals surface area contributed by atoms with E-state index in [0.717, 1.165) is 0 Å². The second-order valence-electron chi connectivity index (χ2n) is 4.71. The van der Waals surface area contributed by atoms with E-state index in [1.807, 2.05) is 6.07 Å². The minimum absolute atomic E-state index is 0.186. The first-order chi connectivity index (χ1) is 11.1. The highest BCUT2D eigenvalue weighted by Crippen LogP contribution is 2.25. The van der Waals surface area contributed by atoms with Crippen molar-refractivity contribution in [2.75, 3.05) is 24.4 Å². The van der Waals surface area contributed by atoms with E-state index in [4.69, 9.17) is 9.47 Å². The molecule has 0 atom stereocenters. The van der Waals surface area contributed by atoms with Gasteiger partial charge in [-0.25, -0.2) is 0 Å². The molecule has 0 radical (unpaired) electrons. The fourth-order valence-electron chi connectivity index (χ4n) is 1.96. The number of anilines is 2. The second-order valence-corrected chi connectivity index (χ2v) is 4.71. The van der Waals surface area contributed by atoms with Gasteiger partial charge >= 0.3 is 0 Å². The lowest BCUT2D eigenvalue weighted by atomic mass is 10.3. The zero-order chi connectivity index (χ0) is 16.7. The zero-order valence-corrected chi connectivity index (χ0v) is 13.0. The molecule has 0 spiro atoms. The van der Waals surface area contributed by atoms with E-state index in [0.29, 0.717) is 22.9 Å². The molecular weight excluding hydrogens is 296 g/mol. The van der Waals surface area contributed by atoms with Crippen LogP contribution in [-0.4, -0.2) is 25.5 Å². The molecule has 0 heterocycles. The molecule has 120 valence electrons. The molecule has 0 bridgehead atoms. The summed E-state index contributed by atoms with van der Waals surface area (Å²) in [6.45, 7) is 1.22. The number of methoxy groups -OCH3 is 1. The average molecular weight is 314 g/mol. The molecule has 0 aliphatic heterocycles. The molecular formula is C17H18N2O4. The van der Waals surface area contributed by atoms with Crippen LogP contribution in [0.3, 0.4) is 0 Å². The van der Waals surface area contributed by atoms with Gasteiger partial charge in [0.1, 0.15) is 11.5 Å². The molecule has 0 aliphatic rings. The van der Waals surface area contributed by atoms with E-state index in [1.165, 1.54) is 14.0 Å². The molecule has 0 saturated carbocycles. The van der Waals surface area contributed by atoms with Crippen LogP contribution < -0.4 is 20.1 Å². The molecule has 2 N–H and O–H groups in total. The predicted octanol–water partition coefficient (Wildman–Crippen LogP) is 2.67. The molecule has 0 aromatic heterocycles. The fraction of sp³-hybridized carbons (Fsp3) is 0.176. The Hall–Kier alpha value is -3.02. The molecule has 2 aromatic rings. The first-order valence-corrected chi connectivity index (χ1v) is 7.02. The number of amides is 2. The molecule has 2 rings (SSSR count). The monoisotopic (exact) mass is 314 g/mol. The summed E-state index contributed by atoms with van der Waals surface area (Å²) in [4.78, 5) is 23.2. The summed E-state index contributed by atoms with van der Waals surface area (Å²) in [6.07, 6.45) is 0. The van der Waals surface area contributed by atoms with Crippen LogP contribution in [0.4, 0.5) is 11.4 Å². The van der Waals surface area contributed by atoms with Gasteiger partial charge in [-0.1, -0.05) is 24.3 Å². The van der Waals surface area contributed by atoms with Crippen LogP contribution in [0.2, 0.25) is 0 Å². The highest BCUT2D eigenvalue weighted by atomic mass is 16.5. The lowest BCUT2D eigenvalue weighted by molar-refractivity contribution is -0.118. The van der Waals surface area contributed by atoms with Crippen LogP contribution >= 0.6 is 0 Å². The molecule has 0 saturated heterocycles. The van der Waals surface area contributed by atoms with E-state index in [1.54, 1.807) is 42.5 Å². The van der Waals surface area contributed by atoms with Gasteiger partial charge in [0, 0.05) is 6.92 Å². The van der Waals surface area contributed by atoms with Gasteiger partial charge < -0.3 is 20.1 Å². The third-order valence-corrected chi connectivity index (χ3v) is 2.94. The van der Waals surface area contributed by atoms with Crippen molar-refractivity contribution < 1.29 is 19.1 Å². The van der Waals surface area contributed by atoms with Crippen LogP contribution in [0, 0.1) is 0 Å². The summed E-state index contributed by atoms with van der Waals surface area (Å²) in [5.41, 5.74) is 1.09. The standard InChI is InChI=1S/C17H18N2O4/c1-12(20)18-14-8-4-6-10-16(14)23-11-17(21)19-13-7-3-5-9-15(13)22-2/h3-10H,11H2,1-2H3,(H,18,20)(H,19,21). The van der Waals surface area contributed by atoms with Gasteiger partial charge in [0.05, 0.1) is 18.5 Å². The molecule has 2 aromatic carbocycles. The lowest BCUT2D eigenvalue weighted by Crippen LogP contribution is -2.21. The number of hydrogen-bond donors (Lipinski definition) is 2. The Morgan fingerprint density at radius 3 is 2.09 bits per heavy atom. The van der Waals surface area contributed by atoms with Gasteiger partial charge in [-0.3, -0.25) is 9.59 Å². The smallest absolute Gasteiger partial charge is 0.262 e. The summed E-state index contributed by atoms with van der Waals surface area (Å²) < 4.78 is 10.6. The Morgan fingerprint density at radius 1 is 0.913 bits per heavy atom. The van der Waals surface area contributed by atoms with Crippen molar-refractivity contribution in [3.8, 4) is 11.5 Å². The predicted molar refractivity (Wildman–Crippen MR) is 87.9 cm³/mol. The zero-order valence-electron chi connectivity index (χ0n) is 13.0. The maximum absolute atomic E-state index is 12.0. The molecule has 0 fully saturated rings. The van der Waals surface area contributed by atoms with Crippen molar-refractivity contribution in [1.29, 1.82) is 0 Å². The van der Waals surface area contributed by atoms with E-state index in [-0.39, 0.29) is 18.4 Å². The number of nitrogens with one attached hydrogen (secondary N) is 2. The molecule has 6 heteroatoms. The number of benzene rings is 2. The van der Waals surface area contributed by atoms with Crippen molar-refractivity contribution in [2.45, 2.75) is 6.92 Å². The number of carbonyl (C=O) groups excluding carboxylic acids is 2. The van der Waals surface area contributed by atoms with Crippen molar-refractivity contribution in [2.24, 2.45) is 0 Å². The van der Waals surface area contributed by atoms with E-state index in [9.17, 15) is 9.59 Å². The van der Waals surface area contributed by atoms with Crippen molar-refractivity contribution in [3.63, 3.8) is 0 Å². The van der Waals surface area contributed by atoms with Crippen molar-refractivity contribution >= 4 is 23.2 Å². The number of carbonyl (C=O) groups is 2. The summed E-state index contributed by atoms with van der Waals surface area (Å²) in [6, 6.07) is 14.0. The fourth-order valence-corrected chi connectivity index (χ4v) is 1.96. The van der Waals surface area contributed by atoms with Crippen molar-refractivity contribution in [3.05, 3.63) is 48.5 Å². The highest BCUT2D eigenvalue weighted by Gasteiger charge is 2.10. The number of ether oxygens (including phenoxy) is 2. The quantitative estimate of drug-likeness (QED) is 0.859. The van der Waals surface area contributed by atoms with Gasteiger partial charge in [0.25, 0.3) is 5.91 Å². The topological polar surface area (TPSA) is 76.7 Å². The first kappa shape index (κ1) is 16.4. The summed E-state index contributed by atoms with van der Waals surface area (Å²) >= 11 is 0. The Kier molecular flexibility index (Phi) is 5.57. The van der Waals surface area contributed by atoms with E-state index >= 15 is 0 Å². The number of para-hydroxylation sites is 4. The lowest BCUT2D eigenvalue weighted by Gasteiger charge is -2.12. The Balaban J connectivity index is 1.98. The third-order valence-electron chi connectivity index (χ3n) is 2.94. The van der Waals surface area contributed by atoms with Crippen molar-refractivity contribution in [1.82, 2.24) is 0 Å². The molecule has 23 heavy (non-hydrogen) atoms. The van der Waals surface area contributed by atoms with E-state index < -0.39 is 0 Å². The summed E-state index contributed by atoms with van der Waals surface area (Å²) in [5.74, 6) is 0.462. The normalized spacial score (nSPS) is 9.83. The Labute approximate surface area is 134 Å². The van der Waals surface area contributed by atoms with Crippen LogP contribution in [-0.2, 0) is 9.59 Å². The van der Waals surface area contributed by atoms with Gasteiger partial charge in [0.15, 0.2) is 6.61 Å². The maximum Gasteiger partial charge on any atom is 0.262 e. The molecule has 6 nitrogen and oxygen atoms in total. The van der Waals surface area contributed by atoms with Gasteiger partial charge in [-0.2, -0.15) is 0 Å². The van der Waals surface area contributed by atoms with Crippen LogP contribution in [0.5, 0.6) is 11.5 Å². The highest BCUT2D eigenvalue weighted by molar-refractivity contribution is 5.94. The first-order valence-electron chi connectivity index (χ1n) is 7.02. The van der Waals surface area contributed by atoms with Crippen LogP contribution in [0.1, 0.15) is 6.92 Å². The van der Waals surface area contributed by atoms with Gasteiger partial charge in [-0.05, 0) is 24.3 Å². The van der Waals surface area contributed by atoms with E-state index in [2.05, 4.69) is 10.6 Å². The largest absolute Gasteiger partial charge is 0.495 e. The van der Waals surface area contributed by atoms with Crippen LogP contribution in [0.15, 0.2) is 48.5 Å². The minimum Gasteiger partial charge on any atom is -0.495 e. The third kappa shape index (κ3) is 4.74. The second kappa shape index (κ2) is 7.84. The minimum atomic E-state index is -0.327. The molecule has 2 amide bonds. The summed E-state index contributed by atoms with van der Waals surface area (Å²) in [7, 11) is 1.53. The molecule has 0 aliphatic carbocycles. The average Bonchev–Trinajstić information content (AvgIpc) is 2.54. The number of rotatable bonds is 6. The Bertz CT molecular complexity index is 700. The Morgan fingerprint density at radius 2 is 1.48 bits per heavy atom. The summed E-state index contributed by atoms with van der Waals surface area (Å²) in [5, 5.41) is 5.37. The maximum atomic E-state index is 12.0. The SMILES string of the molecule is COc1ccccc1NC(=O)COc1ccccc1NC(C)=O. The van der Waals surface area contributed by atoms with Gasteiger partial charge in [0.2, 0.25) is 5.91 Å². The molecule has 0 unspecified atom stereocenters. The van der Waals surface area contributed by atoms with Gasteiger partial charge in [-0.15, -0.1) is 0 Å². The number of hydrogen-bond acceptors (Lipinski definition) is 4. The van der Waals surface area contributed by atoms with Crippen LogP contribution in [0.25, 0.3) is 0 Å².